The highest BCUT2D eigenvalue weighted by atomic mass is 16.3. The number of rotatable bonds is 7. The van der Waals surface area contributed by atoms with Crippen LogP contribution in [0.5, 0.6) is 0 Å². The zero-order valence-corrected chi connectivity index (χ0v) is 15.9. The predicted octanol–water partition coefficient (Wildman–Crippen LogP) is 2.49. The van der Waals surface area contributed by atoms with E-state index in [2.05, 4.69) is 20.9 Å². The first-order valence-corrected chi connectivity index (χ1v) is 9.61. The smallest absolute Gasteiger partial charge is 0.225 e. The second-order valence-electron chi connectivity index (χ2n) is 7.20. The van der Waals surface area contributed by atoms with Gasteiger partial charge in [0.2, 0.25) is 11.8 Å². The number of aromatic nitrogens is 2. The molecule has 1 N–H and O–H groups in total. The van der Waals surface area contributed by atoms with Gasteiger partial charge >= 0.3 is 0 Å². The van der Waals surface area contributed by atoms with Gasteiger partial charge in [-0.05, 0) is 37.6 Å². The van der Waals surface area contributed by atoms with E-state index in [-0.39, 0.29) is 24.2 Å². The quantitative estimate of drug-likeness (QED) is 0.639. The predicted molar refractivity (Wildman–Crippen MR) is 104 cm³/mol. The average Bonchev–Trinajstić information content (AvgIpc) is 3.39. The van der Waals surface area contributed by atoms with E-state index in [1.54, 1.807) is 17.2 Å². The van der Waals surface area contributed by atoms with Crippen LogP contribution in [0.4, 0.5) is 0 Å². The Morgan fingerprint density at radius 1 is 1.29 bits per heavy atom. The fourth-order valence-electron chi connectivity index (χ4n) is 3.76. The maximum absolute atomic E-state index is 12.4. The third-order valence-electron chi connectivity index (χ3n) is 5.22. The van der Waals surface area contributed by atoms with Crippen molar-refractivity contribution in [3.63, 3.8) is 0 Å². The third-order valence-corrected chi connectivity index (χ3v) is 5.22. The number of furan rings is 1. The number of imidazole rings is 1. The lowest BCUT2D eigenvalue weighted by Crippen LogP contribution is -2.33. The lowest BCUT2D eigenvalue weighted by Gasteiger charge is -2.15. The molecule has 1 unspecified atom stereocenters. The summed E-state index contributed by atoms with van der Waals surface area (Å²) in [4.78, 5) is 30.9. The molecular weight excluding hydrogens is 356 g/mol. The van der Waals surface area contributed by atoms with Gasteiger partial charge < -0.3 is 19.2 Å². The van der Waals surface area contributed by atoms with Gasteiger partial charge in [-0.25, -0.2) is 4.98 Å². The molecular formula is C21H24N4O3. The molecule has 2 aromatic heterocycles. The molecule has 3 aromatic rings. The molecule has 0 bridgehead atoms. The lowest BCUT2D eigenvalue weighted by molar-refractivity contribution is -0.129. The largest absolute Gasteiger partial charge is 0.467 e. The topological polar surface area (TPSA) is 80.4 Å². The standard InChI is InChI=1S/C21H24N4O3/c1-15-23-18-7-2-3-8-19(18)25(15)10-5-9-22-21(27)16-12-20(26)24(13-16)14-17-6-4-11-28-17/h2-4,6-8,11,16H,5,9-10,12-14H2,1H3,(H,22,27). The van der Waals surface area contributed by atoms with Crippen molar-refractivity contribution in [3.8, 4) is 0 Å². The first-order chi connectivity index (χ1) is 13.6. The Bertz CT molecular complexity index is 977. The van der Waals surface area contributed by atoms with Crippen molar-refractivity contribution in [2.45, 2.75) is 32.9 Å². The zero-order valence-electron chi connectivity index (χ0n) is 15.9. The number of likely N-dealkylation sites (tertiary alicyclic amines) is 1. The van der Waals surface area contributed by atoms with Crippen LogP contribution in [0.15, 0.2) is 47.1 Å². The van der Waals surface area contributed by atoms with Crippen molar-refractivity contribution in [1.82, 2.24) is 19.8 Å². The van der Waals surface area contributed by atoms with Gasteiger partial charge in [0.1, 0.15) is 11.6 Å². The molecule has 7 heteroatoms. The molecule has 0 spiro atoms. The van der Waals surface area contributed by atoms with E-state index >= 15 is 0 Å². The van der Waals surface area contributed by atoms with Gasteiger partial charge in [0.05, 0.1) is 29.8 Å². The highest BCUT2D eigenvalue weighted by Crippen LogP contribution is 2.21. The number of hydrogen-bond acceptors (Lipinski definition) is 4. The first kappa shape index (κ1) is 18.3. The number of carbonyl (C=O) groups is 2. The number of carbonyl (C=O) groups excluding carboxylic acids is 2. The fourth-order valence-corrected chi connectivity index (χ4v) is 3.76. The molecule has 28 heavy (non-hydrogen) atoms. The minimum atomic E-state index is -0.293. The van der Waals surface area contributed by atoms with E-state index in [4.69, 9.17) is 4.42 Å². The Hall–Kier alpha value is -3.09. The van der Waals surface area contributed by atoms with E-state index < -0.39 is 0 Å². The molecule has 0 aliphatic carbocycles. The van der Waals surface area contributed by atoms with Gasteiger partial charge in [0, 0.05) is 26.1 Å². The fraction of sp³-hybridized carbons (Fsp3) is 0.381. The molecule has 1 atom stereocenters. The number of aryl methyl sites for hydroxylation is 2. The maximum atomic E-state index is 12.4. The summed E-state index contributed by atoms with van der Waals surface area (Å²) in [6, 6.07) is 11.7. The van der Waals surface area contributed by atoms with Crippen LogP contribution in [-0.4, -0.2) is 39.4 Å². The SMILES string of the molecule is Cc1nc2ccccc2n1CCCNC(=O)C1CC(=O)N(Cc2ccco2)C1. The number of benzene rings is 1. The van der Waals surface area contributed by atoms with Crippen molar-refractivity contribution in [2.75, 3.05) is 13.1 Å². The van der Waals surface area contributed by atoms with Gasteiger partial charge in [-0.1, -0.05) is 12.1 Å². The number of para-hydroxylation sites is 2. The van der Waals surface area contributed by atoms with Crippen molar-refractivity contribution in [2.24, 2.45) is 5.92 Å². The number of hydrogen-bond donors (Lipinski definition) is 1. The first-order valence-electron chi connectivity index (χ1n) is 9.61. The molecule has 1 aliphatic heterocycles. The highest BCUT2D eigenvalue weighted by molar-refractivity contribution is 5.89. The van der Waals surface area contributed by atoms with Crippen LogP contribution in [0.1, 0.15) is 24.4 Å². The van der Waals surface area contributed by atoms with Gasteiger partial charge in [-0.2, -0.15) is 0 Å². The number of amides is 2. The zero-order chi connectivity index (χ0) is 19.5. The summed E-state index contributed by atoms with van der Waals surface area (Å²) in [5.74, 6) is 1.36. The number of nitrogens with zero attached hydrogens (tertiary/aromatic N) is 3. The summed E-state index contributed by atoms with van der Waals surface area (Å²) in [5.41, 5.74) is 2.10. The molecule has 1 aromatic carbocycles. The Morgan fingerprint density at radius 3 is 2.96 bits per heavy atom. The molecule has 2 amide bonds. The molecule has 7 nitrogen and oxygen atoms in total. The van der Waals surface area contributed by atoms with Crippen LogP contribution in [-0.2, 0) is 22.7 Å². The molecule has 4 rings (SSSR count). The van der Waals surface area contributed by atoms with Gasteiger partial charge in [0.15, 0.2) is 0 Å². The Kier molecular flexibility index (Phi) is 5.14. The van der Waals surface area contributed by atoms with Crippen LogP contribution in [0, 0.1) is 12.8 Å². The maximum Gasteiger partial charge on any atom is 0.225 e. The van der Waals surface area contributed by atoms with Crippen LogP contribution in [0.25, 0.3) is 11.0 Å². The molecule has 1 aliphatic rings. The van der Waals surface area contributed by atoms with E-state index in [0.29, 0.717) is 19.6 Å². The van der Waals surface area contributed by atoms with Crippen molar-refractivity contribution in [1.29, 1.82) is 0 Å². The molecule has 3 heterocycles. The van der Waals surface area contributed by atoms with Crippen LogP contribution >= 0.6 is 0 Å². The second kappa shape index (κ2) is 7.88. The van der Waals surface area contributed by atoms with Crippen molar-refractivity contribution in [3.05, 3.63) is 54.2 Å². The van der Waals surface area contributed by atoms with Gasteiger partial charge in [-0.3, -0.25) is 9.59 Å². The molecule has 0 radical (unpaired) electrons. The van der Waals surface area contributed by atoms with E-state index in [1.807, 2.05) is 31.2 Å². The van der Waals surface area contributed by atoms with Crippen LogP contribution in [0.2, 0.25) is 0 Å². The second-order valence-corrected chi connectivity index (χ2v) is 7.20. The van der Waals surface area contributed by atoms with Crippen molar-refractivity contribution >= 4 is 22.8 Å². The Balaban J connectivity index is 1.25. The molecule has 1 fully saturated rings. The molecule has 1 saturated heterocycles. The Morgan fingerprint density at radius 2 is 2.14 bits per heavy atom. The minimum absolute atomic E-state index is 0.00272. The number of nitrogens with one attached hydrogen (secondary N) is 1. The van der Waals surface area contributed by atoms with Crippen LogP contribution in [0.3, 0.4) is 0 Å². The summed E-state index contributed by atoms with van der Waals surface area (Å²) < 4.78 is 7.46. The van der Waals surface area contributed by atoms with E-state index in [0.717, 1.165) is 35.6 Å². The number of fused-ring (bicyclic) bond motifs is 1. The molecule has 146 valence electrons. The van der Waals surface area contributed by atoms with Crippen LogP contribution < -0.4 is 5.32 Å². The highest BCUT2D eigenvalue weighted by Gasteiger charge is 2.34. The van der Waals surface area contributed by atoms with Gasteiger partial charge in [0.25, 0.3) is 0 Å². The normalized spacial score (nSPS) is 16.8. The lowest BCUT2D eigenvalue weighted by atomic mass is 10.1. The van der Waals surface area contributed by atoms with Crippen molar-refractivity contribution < 1.29 is 14.0 Å². The minimum Gasteiger partial charge on any atom is -0.467 e. The third kappa shape index (κ3) is 3.78. The summed E-state index contributed by atoms with van der Waals surface area (Å²) >= 11 is 0. The average molecular weight is 380 g/mol. The Labute approximate surface area is 163 Å². The summed E-state index contributed by atoms with van der Waals surface area (Å²) in [6.45, 7) is 4.23. The summed E-state index contributed by atoms with van der Waals surface area (Å²) in [7, 11) is 0. The van der Waals surface area contributed by atoms with E-state index in [9.17, 15) is 9.59 Å². The summed E-state index contributed by atoms with van der Waals surface area (Å²) in [6.07, 6.45) is 2.66. The summed E-state index contributed by atoms with van der Waals surface area (Å²) in [5, 5.41) is 2.98. The van der Waals surface area contributed by atoms with Gasteiger partial charge in [-0.15, -0.1) is 0 Å². The molecule has 0 saturated carbocycles. The van der Waals surface area contributed by atoms with E-state index in [1.165, 1.54) is 0 Å². The monoisotopic (exact) mass is 380 g/mol.